The van der Waals surface area contributed by atoms with Gasteiger partial charge in [0, 0.05) is 22.4 Å². The van der Waals surface area contributed by atoms with Crippen LogP contribution in [-0.4, -0.2) is 75.2 Å². The highest BCUT2D eigenvalue weighted by Crippen LogP contribution is 2.30. The van der Waals surface area contributed by atoms with E-state index < -0.39 is 50.1 Å². The third kappa shape index (κ3) is 8.65. The molecule has 5 aromatic carbocycles. The quantitative estimate of drug-likeness (QED) is 0.0213. The molecule has 1 aliphatic carbocycles. The van der Waals surface area contributed by atoms with E-state index in [1.54, 1.807) is 54.6 Å². The lowest BCUT2D eigenvalue weighted by Crippen LogP contribution is -2.32. The smallest absolute Gasteiger partial charge is 0.355 e. The van der Waals surface area contributed by atoms with E-state index in [9.17, 15) is 42.7 Å². The molecule has 7 N–H and O–H groups in total. The second-order valence-electron chi connectivity index (χ2n) is 12.6. The lowest BCUT2D eigenvalue weighted by molar-refractivity contribution is -0.130. The summed E-state index contributed by atoms with van der Waals surface area (Å²) in [6.07, 6.45) is 1.07. The van der Waals surface area contributed by atoms with Gasteiger partial charge in [0.2, 0.25) is 23.6 Å². The largest absolute Gasteiger partial charge is 0.493 e. The lowest BCUT2D eigenvalue weighted by atomic mass is 9.94. The maximum Gasteiger partial charge on any atom is 0.355 e. The lowest BCUT2D eigenvalue weighted by Gasteiger charge is -2.16. The molecular weight excluding hydrogens is 783 g/mol. The predicted octanol–water partition coefficient (Wildman–Crippen LogP) is 6.37. The van der Waals surface area contributed by atoms with E-state index >= 15 is 0 Å². The van der Waals surface area contributed by atoms with Crippen LogP contribution in [0.4, 0.5) is 34.1 Å². The number of aliphatic hydroxyl groups is 2. The number of anilines is 3. The van der Waals surface area contributed by atoms with Crippen LogP contribution in [-0.2, 0) is 19.7 Å². The molecule has 0 saturated heterocycles. The number of aliphatic imine (C=N–C) groups is 2. The molecular formula is C40H29N9O9S. The molecule has 2 aliphatic rings. The monoisotopic (exact) mass is 811 g/mol. The Morgan fingerprint density at radius 1 is 0.763 bits per heavy atom. The van der Waals surface area contributed by atoms with Gasteiger partial charge in [-0.3, -0.25) is 19.6 Å². The Bertz CT molecular complexity index is 2800. The number of carboxylic acid groups (broad SMARTS) is 1. The third-order valence-electron chi connectivity index (χ3n) is 8.64. The molecule has 294 valence electrons. The van der Waals surface area contributed by atoms with Crippen molar-refractivity contribution < 1.29 is 42.7 Å². The van der Waals surface area contributed by atoms with Gasteiger partial charge >= 0.3 is 5.97 Å². The molecule has 0 aromatic heterocycles. The molecule has 5 aromatic rings. The molecule has 19 heteroatoms. The van der Waals surface area contributed by atoms with Crippen LogP contribution in [0.15, 0.2) is 157 Å². The fraction of sp³-hybridized carbons (Fsp3) is 0.0250. The maximum absolute atomic E-state index is 13.4. The van der Waals surface area contributed by atoms with Gasteiger partial charge in [-0.25, -0.2) is 14.8 Å². The number of amides is 1. The van der Waals surface area contributed by atoms with Gasteiger partial charge in [-0.2, -0.15) is 33.9 Å². The number of nitrogens with zero attached hydrogens (tertiary/aromatic N) is 7. The van der Waals surface area contributed by atoms with Crippen molar-refractivity contribution in [3.05, 3.63) is 148 Å². The van der Waals surface area contributed by atoms with Crippen LogP contribution >= 0.6 is 0 Å². The summed E-state index contributed by atoms with van der Waals surface area (Å²) >= 11 is 0. The molecule has 1 unspecified atom stereocenters. The third-order valence-corrected chi connectivity index (χ3v) is 9.51. The van der Waals surface area contributed by atoms with Gasteiger partial charge < -0.3 is 21.1 Å². The predicted molar refractivity (Wildman–Crippen MR) is 220 cm³/mol. The average Bonchev–Trinajstić information content (AvgIpc) is 3.56. The number of allylic oxidation sites excluding steroid dienone is 1. The summed E-state index contributed by atoms with van der Waals surface area (Å²) in [5.41, 5.74) is 9.98. The topological polar surface area (TPSA) is 282 Å². The van der Waals surface area contributed by atoms with Crippen LogP contribution in [0.25, 0.3) is 6.08 Å². The van der Waals surface area contributed by atoms with Crippen molar-refractivity contribution >= 4 is 91.2 Å². The highest BCUT2D eigenvalue weighted by Gasteiger charge is 2.41. The maximum atomic E-state index is 13.4. The van der Waals surface area contributed by atoms with Crippen LogP contribution in [0.2, 0.25) is 0 Å². The number of fused-ring (bicyclic) bond motifs is 1. The van der Waals surface area contributed by atoms with Gasteiger partial charge in [-0.15, -0.1) is 0 Å². The fourth-order valence-electron chi connectivity index (χ4n) is 5.70. The van der Waals surface area contributed by atoms with Gasteiger partial charge in [0.15, 0.2) is 11.4 Å². The number of Topliss-reactive ketones (excluding diaryl/α,β-unsaturated/α-hetero) is 1. The molecule has 1 aliphatic heterocycles. The SMILES string of the molecule is Nc1ccc(C(O)=Nc2ccc3c(c2)C=C(S(=O)(=O)O)/C(=N\Nc2ccc(C(O)=Nc4ccc(N=NC5C(=O)N(c6ccccc6)N=C5C(=O)O)cc4)cc2)C3=O)cc1. The molecule has 0 saturated carbocycles. The Kier molecular flexibility index (Phi) is 10.7. The number of nitrogen functional groups attached to an aromatic ring is 1. The second kappa shape index (κ2) is 16.1. The van der Waals surface area contributed by atoms with Crippen LogP contribution in [0.3, 0.4) is 0 Å². The number of aliphatic carboxylic acids is 1. The van der Waals surface area contributed by atoms with Crippen LogP contribution in [0.1, 0.15) is 27.0 Å². The van der Waals surface area contributed by atoms with Crippen molar-refractivity contribution in [1.29, 1.82) is 0 Å². The van der Waals surface area contributed by atoms with Crippen LogP contribution < -0.4 is 16.2 Å². The van der Waals surface area contributed by atoms with Crippen molar-refractivity contribution in [3.8, 4) is 0 Å². The average molecular weight is 812 g/mol. The number of carboxylic acids is 1. The van der Waals surface area contributed by atoms with Crippen molar-refractivity contribution in [1.82, 2.24) is 0 Å². The molecule has 1 amide bonds. The molecule has 0 fully saturated rings. The van der Waals surface area contributed by atoms with E-state index in [0.29, 0.717) is 22.6 Å². The van der Waals surface area contributed by atoms with Gasteiger partial charge in [-0.05, 0) is 115 Å². The number of azo groups is 1. The van der Waals surface area contributed by atoms with Crippen molar-refractivity contribution in [3.63, 3.8) is 0 Å². The number of ketones is 1. The van der Waals surface area contributed by atoms with Crippen LogP contribution in [0.5, 0.6) is 0 Å². The first-order valence-electron chi connectivity index (χ1n) is 17.2. The summed E-state index contributed by atoms with van der Waals surface area (Å²) in [7, 11) is -4.94. The van der Waals surface area contributed by atoms with Crippen molar-refractivity contribution in [2.45, 2.75) is 6.04 Å². The number of rotatable bonds is 11. The van der Waals surface area contributed by atoms with Gasteiger partial charge in [-0.1, -0.05) is 18.2 Å². The normalized spacial score (nSPS) is 16.6. The summed E-state index contributed by atoms with van der Waals surface area (Å²) in [5.74, 6) is -3.62. The van der Waals surface area contributed by atoms with E-state index in [0.717, 1.165) is 11.1 Å². The molecule has 0 bridgehead atoms. The minimum atomic E-state index is -4.94. The summed E-state index contributed by atoms with van der Waals surface area (Å²) in [6.45, 7) is 0. The Hall–Kier alpha value is -8.16. The number of aliphatic hydroxyl groups excluding tert-OH is 2. The number of nitrogens with two attached hydrogens (primary N) is 1. The molecule has 59 heavy (non-hydrogen) atoms. The van der Waals surface area contributed by atoms with E-state index in [2.05, 4.69) is 35.8 Å². The Labute approximate surface area is 334 Å². The summed E-state index contributed by atoms with van der Waals surface area (Å²) < 4.78 is 34.8. The van der Waals surface area contributed by atoms with E-state index in [-0.39, 0.29) is 45.5 Å². The zero-order valence-electron chi connectivity index (χ0n) is 30.1. The summed E-state index contributed by atoms with van der Waals surface area (Å²) in [4.78, 5) is 45.7. The van der Waals surface area contributed by atoms with Crippen LogP contribution in [0, 0.1) is 0 Å². The zero-order chi connectivity index (χ0) is 41.8. The summed E-state index contributed by atoms with van der Waals surface area (Å²) in [5, 5.41) is 47.6. The number of hydrazone groups is 2. The Balaban J connectivity index is 1.03. The molecule has 7 rings (SSSR count). The molecule has 18 nitrogen and oxygen atoms in total. The highest BCUT2D eigenvalue weighted by molar-refractivity contribution is 7.91. The van der Waals surface area contributed by atoms with Gasteiger partial charge in [0.25, 0.3) is 16.0 Å². The Morgan fingerprint density at radius 2 is 1.36 bits per heavy atom. The van der Waals surface area contributed by atoms with Gasteiger partial charge in [0.05, 0.1) is 28.4 Å². The molecule has 1 heterocycles. The number of carbonyl (C=O) groups is 3. The standard InChI is InChI=1S/C40H29N9O9S/c41-25-10-6-22(7-11-25)38(52)43-29-18-19-31-24(20-29)21-32(59(56,57)58)33(36(31)50)46-44-27-12-8-23(9-13-27)37(51)42-26-14-16-28(17-15-26)45-47-34-35(40(54)55)48-49(39(34)53)30-4-2-1-3-5-30/h1-21,34,44H,41H2,(H,42,51)(H,43,52)(H,54,55)(H,56,57,58)/b46-33+,47-45?. The number of benzene rings is 5. The molecule has 1 atom stereocenters. The first kappa shape index (κ1) is 39.1. The number of para-hydroxylation sites is 1. The molecule has 0 spiro atoms. The van der Waals surface area contributed by atoms with Crippen molar-refractivity contribution in [2.24, 2.45) is 30.4 Å². The number of nitrogens with one attached hydrogen (secondary N) is 1. The summed E-state index contributed by atoms with van der Waals surface area (Å²) in [6, 6.07) is 29.2. The fourth-order valence-corrected chi connectivity index (χ4v) is 6.36. The number of carbonyl (C=O) groups excluding carboxylic acids is 2. The Morgan fingerprint density at radius 3 is 1.98 bits per heavy atom. The zero-order valence-corrected chi connectivity index (χ0v) is 31.0. The minimum Gasteiger partial charge on any atom is -0.493 e. The van der Waals surface area contributed by atoms with E-state index in [1.165, 1.54) is 66.7 Å². The second-order valence-corrected chi connectivity index (χ2v) is 14.0. The number of hydrogen-bond donors (Lipinski definition) is 6. The van der Waals surface area contributed by atoms with Crippen molar-refractivity contribution in [2.75, 3.05) is 16.2 Å². The molecule has 0 radical (unpaired) electrons. The first-order chi connectivity index (χ1) is 28.2. The minimum absolute atomic E-state index is 0.0670. The number of hydrogen-bond acceptors (Lipinski definition) is 13. The van der Waals surface area contributed by atoms with Gasteiger partial charge in [0.1, 0.15) is 4.91 Å². The first-order valence-corrected chi connectivity index (χ1v) is 18.6. The van der Waals surface area contributed by atoms with E-state index in [4.69, 9.17) is 5.73 Å². The highest BCUT2D eigenvalue weighted by atomic mass is 32.2. The van der Waals surface area contributed by atoms with E-state index in [1.807, 2.05) is 0 Å².